The van der Waals surface area contributed by atoms with E-state index in [0.29, 0.717) is 18.0 Å². The van der Waals surface area contributed by atoms with Crippen LogP contribution < -0.4 is 10.1 Å². The Bertz CT molecular complexity index is 455. The third-order valence-electron chi connectivity index (χ3n) is 4.83. The van der Waals surface area contributed by atoms with E-state index >= 15 is 0 Å². The fourth-order valence-electron chi connectivity index (χ4n) is 3.84. The number of ether oxygens (including phenoxy) is 1. The zero-order valence-corrected chi connectivity index (χ0v) is 14.3. The summed E-state index contributed by atoms with van der Waals surface area (Å²) in [6, 6.07) is 7.80. The molecule has 2 heteroatoms. The van der Waals surface area contributed by atoms with Gasteiger partial charge in [0, 0.05) is 12.1 Å². The number of benzene rings is 1. The highest BCUT2D eigenvalue weighted by atomic mass is 16.5. The Morgan fingerprint density at radius 3 is 2.62 bits per heavy atom. The average molecular weight is 289 g/mol. The molecule has 0 heterocycles. The molecule has 2 rings (SSSR count). The van der Waals surface area contributed by atoms with Crippen molar-refractivity contribution in [2.45, 2.75) is 71.4 Å². The number of nitrogens with one attached hydrogen (secondary N) is 1. The molecular weight excluding hydrogens is 258 g/mol. The van der Waals surface area contributed by atoms with Crippen molar-refractivity contribution in [3.8, 4) is 5.75 Å². The van der Waals surface area contributed by atoms with Crippen molar-refractivity contribution < 1.29 is 4.74 Å². The molecule has 0 saturated heterocycles. The van der Waals surface area contributed by atoms with Gasteiger partial charge >= 0.3 is 0 Å². The lowest BCUT2D eigenvalue weighted by atomic mass is 9.70. The Labute approximate surface area is 130 Å². The standard InChI is InChI=1S/C19H31NO/c1-6-8-17-18-12-16(21-5)10-9-15(18)11-14(7-2)19(17)20-13(3)4/h9-10,12-14,17,19-20H,6-8,11H2,1-5H3. The molecule has 0 bridgehead atoms. The summed E-state index contributed by atoms with van der Waals surface area (Å²) in [7, 11) is 1.76. The van der Waals surface area contributed by atoms with E-state index < -0.39 is 0 Å². The summed E-state index contributed by atoms with van der Waals surface area (Å²) >= 11 is 0. The van der Waals surface area contributed by atoms with E-state index in [1.54, 1.807) is 7.11 Å². The Morgan fingerprint density at radius 2 is 2.05 bits per heavy atom. The highest BCUT2D eigenvalue weighted by Crippen LogP contribution is 2.40. The van der Waals surface area contributed by atoms with Crippen molar-refractivity contribution in [3.63, 3.8) is 0 Å². The van der Waals surface area contributed by atoms with Gasteiger partial charge in [-0.05, 0) is 47.9 Å². The number of hydrogen-bond donors (Lipinski definition) is 1. The van der Waals surface area contributed by atoms with Crippen LogP contribution in [0.4, 0.5) is 0 Å². The first-order valence-corrected chi connectivity index (χ1v) is 8.53. The van der Waals surface area contributed by atoms with Crippen LogP contribution in [-0.2, 0) is 6.42 Å². The minimum absolute atomic E-state index is 0.538. The Balaban J connectivity index is 2.40. The van der Waals surface area contributed by atoms with Gasteiger partial charge in [0.25, 0.3) is 0 Å². The van der Waals surface area contributed by atoms with Gasteiger partial charge in [0.05, 0.1) is 7.11 Å². The van der Waals surface area contributed by atoms with Crippen molar-refractivity contribution in [2.75, 3.05) is 7.11 Å². The number of methoxy groups -OCH3 is 1. The van der Waals surface area contributed by atoms with E-state index in [1.807, 2.05) is 0 Å². The highest BCUT2D eigenvalue weighted by Gasteiger charge is 2.35. The summed E-state index contributed by atoms with van der Waals surface area (Å²) in [4.78, 5) is 0. The highest BCUT2D eigenvalue weighted by molar-refractivity contribution is 5.41. The van der Waals surface area contributed by atoms with Crippen LogP contribution in [0.3, 0.4) is 0 Å². The SMILES string of the molecule is CCCC1c2cc(OC)ccc2CC(CC)C1NC(C)C. The molecule has 1 N–H and O–H groups in total. The third kappa shape index (κ3) is 3.60. The number of hydrogen-bond acceptors (Lipinski definition) is 2. The molecule has 21 heavy (non-hydrogen) atoms. The van der Waals surface area contributed by atoms with Crippen molar-refractivity contribution in [1.29, 1.82) is 0 Å². The first-order valence-electron chi connectivity index (χ1n) is 8.53. The second-order valence-electron chi connectivity index (χ2n) is 6.68. The molecule has 3 unspecified atom stereocenters. The van der Waals surface area contributed by atoms with Crippen molar-refractivity contribution in [2.24, 2.45) is 5.92 Å². The maximum Gasteiger partial charge on any atom is 0.119 e. The summed E-state index contributed by atoms with van der Waals surface area (Å²) < 4.78 is 5.46. The zero-order valence-electron chi connectivity index (χ0n) is 14.3. The van der Waals surface area contributed by atoms with Gasteiger partial charge in [-0.2, -0.15) is 0 Å². The van der Waals surface area contributed by atoms with Crippen LogP contribution in [0.25, 0.3) is 0 Å². The molecule has 0 fully saturated rings. The van der Waals surface area contributed by atoms with Gasteiger partial charge in [0.1, 0.15) is 5.75 Å². The van der Waals surface area contributed by atoms with Crippen LogP contribution in [0, 0.1) is 5.92 Å². The second kappa shape index (κ2) is 7.31. The number of rotatable bonds is 6. The lowest BCUT2D eigenvalue weighted by Gasteiger charge is -2.41. The molecule has 1 aliphatic rings. The topological polar surface area (TPSA) is 21.3 Å². The minimum atomic E-state index is 0.538. The van der Waals surface area contributed by atoms with Crippen LogP contribution in [-0.4, -0.2) is 19.2 Å². The van der Waals surface area contributed by atoms with Gasteiger partial charge in [-0.1, -0.05) is 46.6 Å². The normalized spacial score (nSPS) is 25.0. The van der Waals surface area contributed by atoms with Gasteiger partial charge in [0.15, 0.2) is 0 Å². The first-order chi connectivity index (χ1) is 10.1. The summed E-state index contributed by atoms with van der Waals surface area (Å²) in [5, 5.41) is 3.86. The molecule has 0 aromatic heterocycles. The Morgan fingerprint density at radius 1 is 1.29 bits per heavy atom. The molecule has 0 aliphatic heterocycles. The minimum Gasteiger partial charge on any atom is -0.497 e. The quantitative estimate of drug-likeness (QED) is 0.831. The molecule has 1 aliphatic carbocycles. The molecule has 1 aromatic carbocycles. The third-order valence-corrected chi connectivity index (χ3v) is 4.83. The fraction of sp³-hybridized carbons (Fsp3) is 0.684. The van der Waals surface area contributed by atoms with Crippen LogP contribution in [0.5, 0.6) is 5.75 Å². The van der Waals surface area contributed by atoms with Crippen LogP contribution >= 0.6 is 0 Å². The van der Waals surface area contributed by atoms with Crippen molar-refractivity contribution in [3.05, 3.63) is 29.3 Å². The molecule has 2 nitrogen and oxygen atoms in total. The molecule has 0 spiro atoms. The Kier molecular flexibility index (Phi) is 5.69. The second-order valence-corrected chi connectivity index (χ2v) is 6.68. The molecule has 118 valence electrons. The van der Waals surface area contributed by atoms with Gasteiger partial charge in [0.2, 0.25) is 0 Å². The lowest BCUT2D eigenvalue weighted by molar-refractivity contribution is 0.252. The Hall–Kier alpha value is -1.02. The molecule has 0 amide bonds. The van der Waals surface area contributed by atoms with Gasteiger partial charge in [-0.3, -0.25) is 0 Å². The van der Waals surface area contributed by atoms with Crippen LogP contribution in [0.15, 0.2) is 18.2 Å². The molecular formula is C19H31NO. The summed E-state index contributed by atoms with van der Waals surface area (Å²) in [6.07, 6.45) is 4.92. The molecule has 3 atom stereocenters. The fourth-order valence-corrected chi connectivity index (χ4v) is 3.84. The largest absolute Gasteiger partial charge is 0.497 e. The maximum atomic E-state index is 5.46. The smallest absolute Gasteiger partial charge is 0.119 e. The average Bonchev–Trinajstić information content (AvgIpc) is 2.48. The maximum absolute atomic E-state index is 5.46. The van der Waals surface area contributed by atoms with Gasteiger partial charge in [-0.25, -0.2) is 0 Å². The van der Waals surface area contributed by atoms with E-state index in [-0.39, 0.29) is 0 Å². The summed E-state index contributed by atoms with van der Waals surface area (Å²) in [5.41, 5.74) is 3.04. The number of fused-ring (bicyclic) bond motifs is 1. The van der Waals surface area contributed by atoms with Crippen LogP contribution in [0.2, 0.25) is 0 Å². The summed E-state index contributed by atoms with van der Waals surface area (Å²) in [5.74, 6) is 2.35. The van der Waals surface area contributed by atoms with Gasteiger partial charge < -0.3 is 10.1 Å². The monoisotopic (exact) mass is 289 g/mol. The molecule has 0 radical (unpaired) electrons. The molecule has 0 saturated carbocycles. The predicted molar refractivity (Wildman–Crippen MR) is 90.2 cm³/mol. The lowest BCUT2D eigenvalue weighted by Crippen LogP contribution is -2.47. The van der Waals surface area contributed by atoms with E-state index in [4.69, 9.17) is 4.74 Å². The van der Waals surface area contributed by atoms with Crippen molar-refractivity contribution >= 4 is 0 Å². The predicted octanol–water partition coefficient (Wildman–Crippen LogP) is 4.53. The van der Waals surface area contributed by atoms with Gasteiger partial charge in [-0.15, -0.1) is 0 Å². The van der Waals surface area contributed by atoms with Crippen molar-refractivity contribution in [1.82, 2.24) is 5.32 Å². The van der Waals surface area contributed by atoms with Crippen LogP contribution in [0.1, 0.15) is 64.0 Å². The zero-order chi connectivity index (χ0) is 15.4. The van der Waals surface area contributed by atoms with E-state index in [9.17, 15) is 0 Å². The first kappa shape index (κ1) is 16.4. The summed E-state index contributed by atoms with van der Waals surface area (Å²) in [6.45, 7) is 9.15. The van der Waals surface area contributed by atoms with E-state index in [1.165, 1.54) is 36.8 Å². The molecule has 1 aromatic rings. The van der Waals surface area contributed by atoms with E-state index in [2.05, 4.69) is 51.2 Å². The van der Waals surface area contributed by atoms with E-state index in [0.717, 1.165) is 11.7 Å².